The van der Waals surface area contributed by atoms with Crippen LogP contribution in [-0.2, 0) is 9.53 Å². The lowest BCUT2D eigenvalue weighted by Crippen LogP contribution is -2.30. The number of hydrogen-bond acceptors (Lipinski definition) is 3. The lowest BCUT2D eigenvalue weighted by molar-refractivity contribution is -0.115. The van der Waals surface area contributed by atoms with E-state index in [1.165, 1.54) is 12.1 Å². The maximum Gasteiger partial charge on any atom is 0.238 e. The van der Waals surface area contributed by atoms with Crippen molar-refractivity contribution in [1.29, 1.82) is 0 Å². The number of halogens is 3. The molecule has 0 saturated carbocycles. The van der Waals surface area contributed by atoms with Crippen LogP contribution in [0.4, 0.5) is 10.1 Å². The Hall–Kier alpha value is -0.880. The fourth-order valence-corrected chi connectivity index (χ4v) is 1.27. The molecule has 0 saturated heterocycles. The minimum atomic E-state index is -0.559. The van der Waals surface area contributed by atoms with Gasteiger partial charge in [0.2, 0.25) is 5.91 Å². The first-order chi connectivity index (χ1) is 8.13. The molecule has 0 spiro atoms. The second-order valence-electron chi connectivity index (χ2n) is 3.35. The molecule has 4 nitrogen and oxygen atoms in total. The minimum absolute atomic E-state index is 0. The van der Waals surface area contributed by atoms with Crippen molar-refractivity contribution in [3.8, 4) is 0 Å². The number of ether oxygens (including phenoxy) is 1. The summed E-state index contributed by atoms with van der Waals surface area (Å²) in [7, 11) is 1.58. The first-order valence-corrected chi connectivity index (χ1v) is 5.46. The highest BCUT2D eigenvalue weighted by Gasteiger charge is 2.04. The largest absolute Gasteiger partial charge is 0.383 e. The number of nitrogens with one attached hydrogen (secondary N) is 2. The zero-order valence-corrected chi connectivity index (χ0v) is 11.4. The predicted molar refractivity (Wildman–Crippen MR) is 72.0 cm³/mol. The summed E-state index contributed by atoms with van der Waals surface area (Å²) in [6.07, 6.45) is 0. The van der Waals surface area contributed by atoms with Crippen molar-refractivity contribution in [3.63, 3.8) is 0 Å². The van der Waals surface area contributed by atoms with Gasteiger partial charge in [-0.2, -0.15) is 0 Å². The molecule has 0 aliphatic carbocycles. The van der Waals surface area contributed by atoms with Gasteiger partial charge in [0.1, 0.15) is 5.82 Å². The summed E-state index contributed by atoms with van der Waals surface area (Å²) in [5.41, 5.74) is 0.380. The van der Waals surface area contributed by atoms with E-state index in [0.29, 0.717) is 18.8 Å². The summed E-state index contributed by atoms with van der Waals surface area (Å²) in [4.78, 5) is 11.4. The molecular weight excluding hydrogens is 282 g/mol. The molecule has 0 fully saturated rings. The molecular formula is C11H15Cl2FN2O2. The van der Waals surface area contributed by atoms with Gasteiger partial charge < -0.3 is 15.4 Å². The van der Waals surface area contributed by atoms with E-state index in [1.807, 2.05) is 0 Å². The molecule has 0 heterocycles. The maximum absolute atomic E-state index is 13.1. The minimum Gasteiger partial charge on any atom is -0.383 e. The van der Waals surface area contributed by atoms with Crippen LogP contribution in [0, 0.1) is 5.82 Å². The zero-order chi connectivity index (χ0) is 12.7. The Morgan fingerprint density at radius 2 is 2.22 bits per heavy atom. The van der Waals surface area contributed by atoms with Crippen molar-refractivity contribution in [1.82, 2.24) is 5.32 Å². The number of anilines is 1. The van der Waals surface area contributed by atoms with Gasteiger partial charge in [-0.05, 0) is 18.2 Å². The van der Waals surface area contributed by atoms with Gasteiger partial charge in [0.05, 0.1) is 18.2 Å². The Kier molecular flexibility index (Phi) is 8.66. The van der Waals surface area contributed by atoms with Crippen molar-refractivity contribution in [2.45, 2.75) is 0 Å². The fourth-order valence-electron chi connectivity index (χ4n) is 1.16. The van der Waals surface area contributed by atoms with Crippen molar-refractivity contribution in [2.24, 2.45) is 0 Å². The van der Waals surface area contributed by atoms with Gasteiger partial charge in [-0.25, -0.2) is 4.39 Å². The molecule has 18 heavy (non-hydrogen) atoms. The standard InChI is InChI=1S/C11H14ClFN2O2.ClH/c1-17-5-4-14-7-11(16)15-8-2-3-9(12)10(13)6-8;/h2-3,6,14H,4-5,7H2,1H3,(H,15,16);1H. The van der Waals surface area contributed by atoms with Crippen LogP contribution in [0.5, 0.6) is 0 Å². The van der Waals surface area contributed by atoms with Crippen molar-refractivity contribution in [2.75, 3.05) is 32.1 Å². The normalized spacial score (nSPS) is 9.72. The van der Waals surface area contributed by atoms with Gasteiger partial charge >= 0.3 is 0 Å². The van der Waals surface area contributed by atoms with Gasteiger partial charge in [-0.1, -0.05) is 11.6 Å². The molecule has 1 rings (SSSR count). The summed E-state index contributed by atoms with van der Waals surface area (Å²) in [5, 5.41) is 5.45. The molecule has 1 amide bonds. The molecule has 1 aromatic rings. The molecule has 0 aliphatic heterocycles. The molecule has 2 N–H and O–H groups in total. The maximum atomic E-state index is 13.1. The number of methoxy groups -OCH3 is 1. The van der Waals surface area contributed by atoms with Crippen LogP contribution in [0.2, 0.25) is 5.02 Å². The topological polar surface area (TPSA) is 50.4 Å². The molecule has 0 aliphatic rings. The Morgan fingerprint density at radius 1 is 1.50 bits per heavy atom. The molecule has 0 atom stereocenters. The first-order valence-electron chi connectivity index (χ1n) is 5.08. The average Bonchev–Trinajstić information content (AvgIpc) is 2.30. The fraction of sp³-hybridized carbons (Fsp3) is 0.364. The quantitative estimate of drug-likeness (QED) is 0.790. The van der Waals surface area contributed by atoms with Crippen LogP contribution in [-0.4, -0.2) is 32.7 Å². The Labute approximate surface area is 116 Å². The van der Waals surface area contributed by atoms with Crippen LogP contribution in [0.25, 0.3) is 0 Å². The summed E-state index contributed by atoms with van der Waals surface area (Å²) in [5.74, 6) is -0.806. The second-order valence-corrected chi connectivity index (χ2v) is 3.75. The van der Waals surface area contributed by atoms with E-state index >= 15 is 0 Å². The molecule has 0 radical (unpaired) electrons. The molecule has 1 aromatic carbocycles. The summed E-state index contributed by atoms with van der Waals surface area (Å²) >= 11 is 5.52. The van der Waals surface area contributed by atoms with Crippen LogP contribution in [0.15, 0.2) is 18.2 Å². The van der Waals surface area contributed by atoms with Crippen LogP contribution in [0.1, 0.15) is 0 Å². The SMILES string of the molecule is COCCNCC(=O)Nc1ccc(Cl)c(F)c1.Cl. The third-order valence-electron chi connectivity index (χ3n) is 1.97. The molecule has 7 heteroatoms. The Morgan fingerprint density at radius 3 is 2.83 bits per heavy atom. The molecule has 102 valence electrons. The van der Waals surface area contributed by atoms with Gasteiger partial charge in [0.15, 0.2) is 0 Å². The van der Waals surface area contributed by atoms with Gasteiger partial charge in [0.25, 0.3) is 0 Å². The monoisotopic (exact) mass is 296 g/mol. The first kappa shape index (κ1) is 17.1. The van der Waals surface area contributed by atoms with Gasteiger partial charge in [-0.15, -0.1) is 12.4 Å². The van der Waals surface area contributed by atoms with Gasteiger partial charge in [0, 0.05) is 19.3 Å². The van der Waals surface area contributed by atoms with E-state index in [-0.39, 0.29) is 29.9 Å². The second kappa shape index (κ2) is 9.10. The third-order valence-corrected chi connectivity index (χ3v) is 2.28. The third kappa shape index (κ3) is 6.16. The van der Waals surface area contributed by atoms with Gasteiger partial charge in [-0.3, -0.25) is 4.79 Å². The summed E-state index contributed by atoms with van der Waals surface area (Å²) in [6, 6.07) is 4.11. The van der Waals surface area contributed by atoms with Crippen LogP contribution >= 0.6 is 24.0 Å². The summed E-state index contributed by atoms with van der Waals surface area (Å²) < 4.78 is 17.9. The number of carbonyl (C=O) groups excluding carboxylic acids is 1. The lowest BCUT2D eigenvalue weighted by atomic mass is 10.3. The highest BCUT2D eigenvalue weighted by atomic mass is 35.5. The number of hydrogen-bond donors (Lipinski definition) is 2. The van der Waals surface area contributed by atoms with E-state index < -0.39 is 5.82 Å². The van der Waals surface area contributed by atoms with Crippen molar-refractivity contribution >= 4 is 35.6 Å². The number of benzene rings is 1. The molecule has 0 aromatic heterocycles. The van der Waals surface area contributed by atoms with E-state index in [0.717, 1.165) is 0 Å². The van der Waals surface area contributed by atoms with E-state index in [2.05, 4.69) is 10.6 Å². The smallest absolute Gasteiger partial charge is 0.238 e. The highest BCUT2D eigenvalue weighted by Crippen LogP contribution is 2.18. The van der Waals surface area contributed by atoms with Crippen LogP contribution in [0.3, 0.4) is 0 Å². The number of amides is 1. The van der Waals surface area contributed by atoms with Crippen LogP contribution < -0.4 is 10.6 Å². The average molecular weight is 297 g/mol. The summed E-state index contributed by atoms with van der Waals surface area (Å²) in [6.45, 7) is 1.26. The van der Waals surface area contributed by atoms with E-state index in [9.17, 15) is 9.18 Å². The highest BCUT2D eigenvalue weighted by molar-refractivity contribution is 6.30. The van der Waals surface area contributed by atoms with E-state index in [4.69, 9.17) is 16.3 Å². The number of rotatable bonds is 6. The Balaban J connectivity index is 0.00000289. The predicted octanol–water partition coefficient (Wildman–Crippen LogP) is 2.08. The number of carbonyl (C=O) groups is 1. The zero-order valence-electron chi connectivity index (χ0n) is 9.83. The lowest BCUT2D eigenvalue weighted by Gasteiger charge is -2.06. The molecule has 0 bridgehead atoms. The van der Waals surface area contributed by atoms with E-state index in [1.54, 1.807) is 13.2 Å². The van der Waals surface area contributed by atoms with Crippen molar-refractivity contribution < 1.29 is 13.9 Å². The molecule has 0 unspecified atom stereocenters. The van der Waals surface area contributed by atoms with Crippen molar-refractivity contribution in [3.05, 3.63) is 29.0 Å². The Bertz CT molecular complexity index is 391.